The molecule has 1 fully saturated rings. The topological polar surface area (TPSA) is 58.6 Å². The molecule has 0 aromatic heterocycles. The van der Waals surface area contributed by atoms with E-state index in [1.165, 1.54) is 12.1 Å². The van der Waals surface area contributed by atoms with Gasteiger partial charge in [0.25, 0.3) is 5.91 Å². The van der Waals surface area contributed by atoms with E-state index in [0.717, 1.165) is 5.56 Å². The zero-order valence-electron chi connectivity index (χ0n) is 15.3. The molecule has 1 saturated heterocycles. The maximum atomic E-state index is 13.0. The summed E-state index contributed by atoms with van der Waals surface area (Å²) in [5, 5.41) is 2.90. The van der Waals surface area contributed by atoms with Crippen molar-refractivity contribution in [3.8, 4) is 5.75 Å². The fourth-order valence-corrected chi connectivity index (χ4v) is 3.22. The summed E-state index contributed by atoms with van der Waals surface area (Å²) in [6.07, 6.45) is 0.397. The van der Waals surface area contributed by atoms with Crippen LogP contribution in [0.1, 0.15) is 29.3 Å². The molecular formula is C21H23FN2O3. The van der Waals surface area contributed by atoms with Crippen LogP contribution in [0.15, 0.2) is 48.5 Å². The average molecular weight is 370 g/mol. The van der Waals surface area contributed by atoms with E-state index in [1.807, 2.05) is 13.0 Å². The Hall–Kier alpha value is -2.89. The fourth-order valence-electron chi connectivity index (χ4n) is 3.22. The molecule has 142 valence electrons. The zero-order chi connectivity index (χ0) is 19.2. The number of carbonyl (C=O) groups is 2. The Labute approximate surface area is 158 Å². The Morgan fingerprint density at radius 2 is 1.96 bits per heavy atom. The van der Waals surface area contributed by atoms with Crippen LogP contribution in [0.3, 0.4) is 0 Å². The van der Waals surface area contributed by atoms with Gasteiger partial charge in [0.05, 0.1) is 12.2 Å². The predicted molar refractivity (Wildman–Crippen MR) is 99.9 cm³/mol. The molecular weight excluding hydrogens is 347 g/mol. The van der Waals surface area contributed by atoms with E-state index in [1.54, 1.807) is 35.2 Å². The van der Waals surface area contributed by atoms with Crippen LogP contribution in [-0.2, 0) is 11.3 Å². The van der Waals surface area contributed by atoms with Crippen LogP contribution in [0.5, 0.6) is 5.75 Å². The highest BCUT2D eigenvalue weighted by Crippen LogP contribution is 2.21. The van der Waals surface area contributed by atoms with Gasteiger partial charge in [-0.2, -0.15) is 0 Å². The van der Waals surface area contributed by atoms with Crippen LogP contribution in [0.25, 0.3) is 0 Å². The SMILES string of the molecule is CCOc1ccccc1C(=O)NCC1CC(=O)N(Cc2ccc(F)cc2)C1. The van der Waals surface area contributed by atoms with Crippen molar-refractivity contribution in [2.45, 2.75) is 19.9 Å². The largest absolute Gasteiger partial charge is 0.493 e. The molecule has 0 aliphatic carbocycles. The lowest BCUT2D eigenvalue weighted by atomic mass is 10.1. The van der Waals surface area contributed by atoms with E-state index < -0.39 is 0 Å². The molecule has 6 heteroatoms. The van der Waals surface area contributed by atoms with Gasteiger partial charge in [-0.1, -0.05) is 24.3 Å². The molecule has 3 rings (SSSR count). The second-order valence-electron chi connectivity index (χ2n) is 6.61. The van der Waals surface area contributed by atoms with Crippen molar-refractivity contribution in [1.29, 1.82) is 0 Å². The van der Waals surface area contributed by atoms with Gasteiger partial charge in [0.15, 0.2) is 0 Å². The third-order valence-electron chi connectivity index (χ3n) is 4.56. The number of benzene rings is 2. The van der Waals surface area contributed by atoms with Gasteiger partial charge in [-0.25, -0.2) is 4.39 Å². The summed E-state index contributed by atoms with van der Waals surface area (Å²) in [6.45, 7) is 3.81. The number of carbonyl (C=O) groups excluding carboxylic acids is 2. The Morgan fingerprint density at radius 3 is 2.70 bits per heavy atom. The first kappa shape index (κ1) is 18.9. The van der Waals surface area contributed by atoms with Gasteiger partial charge in [-0.3, -0.25) is 9.59 Å². The van der Waals surface area contributed by atoms with Gasteiger partial charge in [0, 0.05) is 32.0 Å². The summed E-state index contributed by atoms with van der Waals surface area (Å²) in [7, 11) is 0. The number of ether oxygens (including phenoxy) is 1. The van der Waals surface area contributed by atoms with E-state index in [2.05, 4.69) is 5.32 Å². The summed E-state index contributed by atoms with van der Waals surface area (Å²) in [6, 6.07) is 13.3. The van der Waals surface area contributed by atoms with Crippen LogP contribution in [0.2, 0.25) is 0 Å². The number of hydrogen-bond acceptors (Lipinski definition) is 3. The van der Waals surface area contributed by atoms with Crippen LogP contribution in [-0.4, -0.2) is 36.4 Å². The smallest absolute Gasteiger partial charge is 0.255 e. The summed E-state index contributed by atoms with van der Waals surface area (Å²) in [5.41, 5.74) is 1.38. The highest BCUT2D eigenvalue weighted by atomic mass is 19.1. The summed E-state index contributed by atoms with van der Waals surface area (Å²) in [4.78, 5) is 26.4. The van der Waals surface area contributed by atoms with Crippen molar-refractivity contribution in [3.05, 3.63) is 65.5 Å². The second-order valence-corrected chi connectivity index (χ2v) is 6.61. The first-order chi connectivity index (χ1) is 13.1. The maximum absolute atomic E-state index is 13.0. The first-order valence-electron chi connectivity index (χ1n) is 9.09. The molecule has 0 saturated carbocycles. The number of rotatable bonds is 7. The van der Waals surface area contributed by atoms with Crippen LogP contribution >= 0.6 is 0 Å². The van der Waals surface area contributed by atoms with Crippen molar-refractivity contribution in [2.75, 3.05) is 19.7 Å². The van der Waals surface area contributed by atoms with E-state index in [-0.39, 0.29) is 23.5 Å². The number of hydrogen-bond donors (Lipinski definition) is 1. The zero-order valence-corrected chi connectivity index (χ0v) is 15.3. The number of halogens is 1. The van der Waals surface area contributed by atoms with E-state index in [4.69, 9.17) is 4.74 Å². The minimum atomic E-state index is -0.292. The fraction of sp³-hybridized carbons (Fsp3) is 0.333. The Bertz CT molecular complexity index is 807. The van der Waals surface area contributed by atoms with E-state index in [9.17, 15) is 14.0 Å². The summed E-state index contributed by atoms with van der Waals surface area (Å²) in [5.74, 6) is 0.162. The summed E-state index contributed by atoms with van der Waals surface area (Å²) < 4.78 is 18.5. The number of likely N-dealkylation sites (tertiary alicyclic amines) is 1. The normalized spacial score (nSPS) is 16.4. The van der Waals surface area contributed by atoms with Gasteiger partial charge >= 0.3 is 0 Å². The number of amides is 2. The van der Waals surface area contributed by atoms with Crippen molar-refractivity contribution >= 4 is 11.8 Å². The molecule has 0 bridgehead atoms. The number of nitrogens with one attached hydrogen (secondary N) is 1. The molecule has 1 aliphatic heterocycles. The van der Waals surface area contributed by atoms with E-state index >= 15 is 0 Å². The average Bonchev–Trinajstić information content (AvgIpc) is 3.02. The minimum absolute atomic E-state index is 0.0493. The molecule has 0 radical (unpaired) electrons. The van der Waals surface area contributed by atoms with Gasteiger partial charge in [0.1, 0.15) is 11.6 Å². The standard InChI is InChI=1S/C21H23FN2O3/c1-2-27-19-6-4-3-5-18(19)21(26)23-12-16-11-20(25)24(14-16)13-15-7-9-17(22)10-8-15/h3-10,16H,2,11-14H2,1H3,(H,23,26). The lowest BCUT2D eigenvalue weighted by molar-refractivity contribution is -0.128. The lowest BCUT2D eigenvalue weighted by Gasteiger charge is -2.17. The molecule has 1 unspecified atom stereocenters. The lowest BCUT2D eigenvalue weighted by Crippen LogP contribution is -2.31. The highest BCUT2D eigenvalue weighted by molar-refractivity contribution is 5.96. The van der Waals surface area contributed by atoms with Gasteiger partial charge in [-0.15, -0.1) is 0 Å². The number of para-hydroxylation sites is 1. The highest BCUT2D eigenvalue weighted by Gasteiger charge is 2.29. The molecule has 2 aromatic rings. The molecule has 2 amide bonds. The Kier molecular flexibility index (Phi) is 6.06. The maximum Gasteiger partial charge on any atom is 0.255 e. The van der Waals surface area contributed by atoms with Crippen LogP contribution in [0.4, 0.5) is 4.39 Å². The van der Waals surface area contributed by atoms with Crippen molar-refractivity contribution < 1.29 is 18.7 Å². The monoisotopic (exact) mass is 370 g/mol. The van der Waals surface area contributed by atoms with Crippen molar-refractivity contribution in [3.63, 3.8) is 0 Å². The number of nitrogens with zero attached hydrogens (tertiary/aromatic N) is 1. The Morgan fingerprint density at radius 1 is 1.22 bits per heavy atom. The minimum Gasteiger partial charge on any atom is -0.493 e. The third kappa shape index (κ3) is 4.84. The van der Waals surface area contributed by atoms with Crippen LogP contribution < -0.4 is 10.1 Å². The van der Waals surface area contributed by atoms with Gasteiger partial charge in [-0.05, 0) is 36.8 Å². The first-order valence-corrected chi connectivity index (χ1v) is 9.09. The molecule has 1 N–H and O–H groups in total. The molecule has 5 nitrogen and oxygen atoms in total. The predicted octanol–water partition coefficient (Wildman–Crippen LogP) is 3.00. The van der Waals surface area contributed by atoms with Gasteiger partial charge < -0.3 is 15.0 Å². The molecule has 2 aromatic carbocycles. The van der Waals surface area contributed by atoms with E-state index in [0.29, 0.717) is 44.0 Å². The molecule has 1 atom stereocenters. The molecule has 0 spiro atoms. The summed E-state index contributed by atoms with van der Waals surface area (Å²) >= 11 is 0. The van der Waals surface area contributed by atoms with Crippen molar-refractivity contribution in [1.82, 2.24) is 10.2 Å². The quantitative estimate of drug-likeness (QED) is 0.815. The Balaban J connectivity index is 1.54. The van der Waals surface area contributed by atoms with Crippen molar-refractivity contribution in [2.24, 2.45) is 5.92 Å². The van der Waals surface area contributed by atoms with Crippen LogP contribution in [0, 0.1) is 11.7 Å². The third-order valence-corrected chi connectivity index (χ3v) is 4.56. The molecule has 1 heterocycles. The molecule has 1 aliphatic rings. The van der Waals surface area contributed by atoms with Gasteiger partial charge in [0.2, 0.25) is 5.91 Å². The second kappa shape index (κ2) is 8.66. The molecule has 27 heavy (non-hydrogen) atoms.